The molecule has 2 heteroatoms. The van der Waals surface area contributed by atoms with E-state index >= 15 is 0 Å². The minimum absolute atomic E-state index is 0.297. The molecule has 2 N–H and O–H groups in total. The third-order valence-corrected chi connectivity index (χ3v) is 3.96. The molecule has 2 aliphatic carbocycles. The smallest absolute Gasteiger partial charge is 0.0408 e. The van der Waals surface area contributed by atoms with Crippen molar-refractivity contribution < 1.29 is 0 Å². The monoisotopic (exact) mass is 207 g/mol. The second kappa shape index (κ2) is 2.74. The van der Waals surface area contributed by atoms with E-state index in [0.717, 1.165) is 17.4 Å². The summed E-state index contributed by atoms with van der Waals surface area (Å²) in [5.41, 5.74) is 7.74. The summed E-state index contributed by atoms with van der Waals surface area (Å²) < 4.78 is 0. The Kier molecular flexibility index (Phi) is 1.71. The second-order valence-electron chi connectivity index (χ2n) is 4.64. The van der Waals surface area contributed by atoms with Crippen LogP contribution < -0.4 is 5.73 Å². The van der Waals surface area contributed by atoms with Crippen molar-refractivity contribution in [1.29, 1.82) is 0 Å². The van der Waals surface area contributed by atoms with Crippen LogP contribution in [0.4, 0.5) is 0 Å². The summed E-state index contributed by atoms with van der Waals surface area (Å²) in [7, 11) is 0. The lowest BCUT2D eigenvalue weighted by molar-refractivity contribution is 0.573. The predicted molar refractivity (Wildman–Crippen MR) is 58.4 cm³/mol. The van der Waals surface area contributed by atoms with Gasteiger partial charge in [-0.2, -0.15) is 0 Å². The minimum atomic E-state index is 0.297. The Balaban J connectivity index is 2.01. The van der Waals surface area contributed by atoms with Gasteiger partial charge in [0.25, 0.3) is 0 Å². The van der Waals surface area contributed by atoms with Crippen molar-refractivity contribution in [2.75, 3.05) is 0 Å². The molecular weight excluding hydrogens is 194 g/mol. The zero-order chi connectivity index (χ0) is 9.76. The summed E-state index contributed by atoms with van der Waals surface area (Å²) >= 11 is 6.01. The largest absolute Gasteiger partial charge is 0.327 e. The van der Waals surface area contributed by atoms with Crippen LogP contribution in [0.1, 0.15) is 24.8 Å². The van der Waals surface area contributed by atoms with E-state index < -0.39 is 0 Å². The lowest BCUT2D eigenvalue weighted by Crippen LogP contribution is -2.20. The van der Waals surface area contributed by atoms with Gasteiger partial charge in [0.1, 0.15) is 0 Å². The first-order valence-corrected chi connectivity index (χ1v) is 5.63. The molecule has 14 heavy (non-hydrogen) atoms. The van der Waals surface area contributed by atoms with Crippen LogP contribution in [0, 0.1) is 5.92 Å². The van der Waals surface area contributed by atoms with Crippen molar-refractivity contribution in [2.24, 2.45) is 11.7 Å². The fourth-order valence-corrected chi connectivity index (χ4v) is 2.91. The fraction of sp³-hybridized carbons (Fsp3) is 0.500. The molecule has 0 saturated heterocycles. The first kappa shape index (κ1) is 8.75. The van der Waals surface area contributed by atoms with Gasteiger partial charge in [-0.15, -0.1) is 0 Å². The van der Waals surface area contributed by atoms with Crippen molar-refractivity contribution in [2.45, 2.75) is 30.7 Å². The topological polar surface area (TPSA) is 26.0 Å². The van der Waals surface area contributed by atoms with E-state index in [1.54, 1.807) is 0 Å². The molecule has 0 radical (unpaired) electrons. The number of hydrogen-bond acceptors (Lipinski definition) is 1. The SMILES string of the molecule is N[C@@H]1CC1(c1cccc(Cl)c1)C1CC1. The molecule has 2 saturated carbocycles. The predicted octanol–water partition coefficient (Wildman–Crippen LogP) is 2.72. The molecule has 3 rings (SSSR count). The lowest BCUT2D eigenvalue weighted by Gasteiger charge is -2.16. The maximum Gasteiger partial charge on any atom is 0.0408 e. The fourth-order valence-electron chi connectivity index (χ4n) is 2.72. The van der Waals surface area contributed by atoms with Crippen molar-refractivity contribution in [3.05, 3.63) is 34.9 Å². The molecule has 0 aliphatic heterocycles. The van der Waals surface area contributed by atoms with Crippen molar-refractivity contribution in [3.8, 4) is 0 Å². The van der Waals surface area contributed by atoms with Gasteiger partial charge in [-0.1, -0.05) is 23.7 Å². The molecule has 2 aliphatic rings. The third-order valence-electron chi connectivity index (χ3n) is 3.73. The van der Waals surface area contributed by atoms with Crippen molar-refractivity contribution in [1.82, 2.24) is 0 Å². The highest BCUT2D eigenvalue weighted by Gasteiger charge is 2.61. The van der Waals surface area contributed by atoms with Crippen LogP contribution >= 0.6 is 11.6 Å². The maximum atomic E-state index is 6.08. The van der Waals surface area contributed by atoms with Crippen LogP contribution in [0.25, 0.3) is 0 Å². The molecule has 0 bridgehead atoms. The van der Waals surface area contributed by atoms with Gasteiger partial charge in [-0.05, 0) is 42.9 Å². The van der Waals surface area contributed by atoms with E-state index in [9.17, 15) is 0 Å². The summed E-state index contributed by atoms with van der Waals surface area (Å²) in [5, 5.41) is 0.835. The molecule has 1 nitrogen and oxygen atoms in total. The van der Waals surface area contributed by atoms with Crippen LogP contribution in [-0.2, 0) is 5.41 Å². The zero-order valence-corrected chi connectivity index (χ0v) is 8.80. The van der Waals surface area contributed by atoms with Gasteiger partial charge in [0.05, 0.1) is 0 Å². The van der Waals surface area contributed by atoms with E-state index in [0.29, 0.717) is 11.5 Å². The highest BCUT2D eigenvalue weighted by molar-refractivity contribution is 6.30. The average molecular weight is 208 g/mol. The molecule has 1 aromatic rings. The Morgan fingerprint density at radius 3 is 2.57 bits per heavy atom. The summed E-state index contributed by atoms with van der Waals surface area (Å²) in [6.45, 7) is 0. The van der Waals surface area contributed by atoms with Crippen molar-refractivity contribution >= 4 is 11.6 Å². The second-order valence-corrected chi connectivity index (χ2v) is 5.07. The summed E-state index contributed by atoms with van der Waals surface area (Å²) in [4.78, 5) is 0. The van der Waals surface area contributed by atoms with Crippen LogP contribution in [0.15, 0.2) is 24.3 Å². The van der Waals surface area contributed by atoms with E-state index in [1.165, 1.54) is 18.4 Å². The molecular formula is C12H14ClN. The lowest BCUT2D eigenvalue weighted by atomic mass is 9.90. The van der Waals surface area contributed by atoms with Gasteiger partial charge in [-0.25, -0.2) is 0 Å². The summed E-state index contributed by atoms with van der Waals surface area (Å²) in [6.07, 6.45) is 3.85. The highest BCUT2D eigenvalue weighted by atomic mass is 35.5. The summed E-state index contributed by atoms with van der Waals surface area (Å²) in [6, 6.07) is 8.60. The van der Waals surface area contributed by atoms with Gasteiger partial charge in [-0.3, -0.25) is 0 Å². The molecule has 0 amide bonds. The third kappa shape index (κ3) is 1.12. The van der Waals surface area contributed by atoms with Gasteiger partial charge >= 0.3 is 0 Å². The Labute approximate surface area is 89.3 Å². The van der Waals surface area contributed by atoms with E-state index in [1.807, 2.05) is 12.1 Å². The molecule has 0 spiro atoms. The zero-order valence-electron chi connectivity index (χ0n) is 8.04. The summed E-state index contributed by atoms with van der Waals surface area (Å²) in [5.74, 6) is 0.830. The molecule has 0 heterocycles. The molecule has 2 atom stereocenters. The Bertz CT molecular complexity index is 372. The number of halogens is 1. The average Bonchev–Trinajstić information content (AvgIpc) is 2.98. The molecule has 2 fully saturated rings. The van der Waals surface area contributed by atoms with Crippen LogP contribution in [0.3, 0.4) is 0 Å². The Morgan fingerprint density at radius 1 is 1.36 bits per heavy atom. The van der Waals surface area contributed by atoms with Crippen LogP contribution in [0.5, 0.6) is 0 Å². The Hall–Kier alpha value is -0.530. The van der Waals surface area contributed by atoms with Gasteiger partial charge in [0.2, 0.25) is 0 Å². The standard InChI is InChI=1S/C12H14ClN/c13-10-3-1-2-9(6-10)12(7-11(12)14)8-4-5-8/h1-3,6,8,11H,4-5,7,14H2/t11-,12?/m1/s1. The molecule has 1 aromatic carbocycles. The van der Waals surface area contributed by atoms with Crippen LogP contribution in [0.2, 0.25) is 5.02 Å². The minimum Gasteiger partial charge on any atom is -0.327 e. The van der Waals surface area contributed by atoms with E-state index in [4.69, 9.17) is 17.3 Å². The van der Waals surface area contributed by atoms with E-state index in [2.05, 4.69) is 12.1 Å². The highest BCUT2D eigenvalue weighted by Crippen LogP contribution is 2.61. The molecule has 1 unspecified atom stereocenters. The molecule has 0 aromatic heterocycles. The Morgan fingerprint density at radius 2 is 2.07 bits per heavy atom. The van der Waals surface area contributed by atoms with Gasteiger partial charge in [0, 0.05) is 16.5 Å². The van der Waals surface area contributed by atoms with Crippen molar-refractivity contribution in [3.63, 3.8) is 0 Å². The van der Waals surface area contributed by atoms with Gasteiger partial charge < -0.3 is 5.73 Å². The number of rotatable bonds is 2. The normalized spacial score (nSPS) is 35.7. The first-order valence-electron chi connectivity index (χ1n) is 5.25. The first-order chi connectivity index (χ1) is 6.73. The number of nitrogens with two attached hydrogens (primary N) is 1. The van der Waals surface area contributed by atoms with Crippen LogP contribution in [-0.4, -0.2) is 6.04 Å². The molecule has 74 valence electrons. The maximum absolute atomic E-state index is 6.08. The quantitative estimate of drug-likeness (QED) is 0.793. The van der Waals surface area contributed by atoms with E-state index in [-0.39, 0.29) is 0 Å². The number of hydrogen-bond donors (Lipinski definition) is 1. The van der Waals surface area contributed by atoms with Gasteiger partial charge in [0.15, 0.2) is 0 Å². The number of benzene rings is 1.